The Morgan fingerprint density at radius 2 is 1.66 bits per heavy atom. The van der Waals surface area contributed by atoms with Crippen molar-refractivity contribution in [1.29, 1.82) is 0 Å². The summed E-state index contributed by atoms with van der Waals surface area (Å²) in [5, 5.41) is 0. The van der Waals surface area contributed by atoms with Crippen molar-refractivity contribution in [3.63, 3.8) is 0 Å². The van der Waals surface area contributed by atoms with Crippen molar-refractivity contribution in [2.45, 2.75) is 6.42 Å². The van der Waals surface area contributed by atoms with Crippen molar-refractivity contribution in [3.8, 4) is 17.0 Å². The Morgan fingerprint density at radius 3 is 2.31 bits per heavy atom. The van der Waals surface area contributed by atoms with Crippen LogP contribution >= 0.6 is 0 Å². The van der Waals surface area contributed by atoms with Crippen LogP contribution in [0.4, 0.5) is 10.3 Å². The lowest BCUT2D eigenvalue weighted by Crippen LogP contribution is -2.29. The molecule has 1 amide bonds. The first-order valence-electron chi connectivity index (χ1n) is 10.3. The highest BCUT2D eigenvalue weighted by atomic mass is 19.1. The smallest absolute Gasteiger partial charge is 0.263 e. The first kappa shape index (κ1) is 21.3. The molecule has 0 spiro atoms. The summed E-state index contributed by atoms with van der Waals surface area (Å²) in [6, 6.07) is 23.7. The Hall–Kier alpha value is -3.93. The van der Waals surface area contributed by atoms with Gasteiger partial charge in [0.2, 0.25) is 5.95 Å². The number of amides is 1. The van der Waals surface area contributed by atoms with Gasteiger partial charge in [0.25, 0.3) is 5.91 Å². The molecule has 5 nitrogen and oxygen atoms in total. The van der Waals surface area contributed by atoms with E-state index in [-0.39, 0.29) is 5.56 Å². The second-order valence-electron chi connectivity index (χ2n) is 7.50. The molecule has 32 heavy (non-hydrogen) atoms. The number of ether oxygens (including phenoxy) is 1. The van der Waals surface area contributed by atoms with Crippen molar-refractivity contribution < 1.29 is 13.9 Å². The lowest BCUT2D eigenvalue weighted by Gasteiger charge is -2.17. The summed E-state index contributed by atoms with van der Waals surface area (Å²) in [5.41, 5.74) is 3.78. The van der Waals surface area contributed by atoms with E-state index in [0.717, 1.165) is 28.3 Å². The molecule has 0 aliphatic heterocycles. The molecule has 0 saturated heterocycles. The first-order valence-corrected chi connectivity index (χ1v) is 10.3. The van der Waals surface area contributed by atoms with Crippen LogP contribution in [-0.2, 0) is 13.5 Å². The normalized spacial score (nSPS) is 10.8. The Labute approximate surface area is 186 Å². The molecular weight excluding hydrogens is 405 g/mol. The Bertz CT molecular complexity index is 1230. The summed E-state index contributed by atoms with van der Waals surface area (Å²) >= 11 is 0. The Kier molecular flexibility index (Phi) is 6.03. The van der Waals surface area contributed by atoms with Crippen molar-refractivity contribution in [2.24, 2.45) is 7.05 Å². The van der Waals surface area contributed by atoms with Gasteiger partial charge in [-0.3, -0.25) is 9.69 Å². The highest BCUT2D eigenvalue weighted by molar-refractivity contribution is 6.05. The third kappa shape index (κ3) is 4.12. The molecular formula is C26H24FN3O2. The van der Waals surface area contributed by atoms with Crippen LogP contribution in [-0.4, -0.2) is 29.6 Å². The van der Waals surface area contributed by atoms with Crippen LogP contribution in [0.2, 0.25) is 0 Å². The molecule has 162 valence electrons. The van der Waals surface area contributed by atoms with Crippen LogP contribution in [0.25, 0.3) is 11.3 Å². The van der Waals surface area contributed by atoms with Crippen LogP contribution in [0.15, 0.2) is 78.9 Å². The van der Waals surface area contributed by atoms with E-state index >= 15 is 0 Å². The van der Waals surface area contributed by atoms with E-state index < -0.39 is 11.7 Å². The van der Waals surface area contributed by atoms with Gasteiger partial charge < -0.3 is 9.30 Å². The number of hydrogen-bond acceptors (Lipinski definition) is 3. The second-order valence-corrected chi connectivity index (χ2v) is 7.50. The number of imidazole rings is 1. The number of aromatic nitrogens is 2. The van der Waals surface area contributed by atoms with E-state index in [2.05, 4.69) is 0 Å². The Morgan fingerprint density at radius 1 is 1.00 bits per heavy atom. The van der Waals surface area contributed by atoms with E-state index in [4.69, 9.17) is 9.72 Å². The fraction of sp³-hybridized carbons (Fsp3) is 0.154. The van der Waals surface area contributed by atoms with Gasteiger partial charge in [0.05, 0.1) is 24.1 Å². The van der Waals surface area contributed by atoms with E-state index in [0.29, 0.717) is 12.4 Å². The molecule has 4 rings (SSSR count). The zero-order valence-electron chi connectivity index (χ0n) is 18.2. The minimum Gasteiger partial charge on any atom is -0.497 e. The average molecular weight is 429 g/mol. The number of nitrogens with zero attached hydrogens (tertiary/aromatic N) is 3. The molecule has 0 radical (unpaired) electrons. The van der Waals surface area contributed by atoms with Gasteiger partial charge in [-0.2, -0.15) is 0 Å². The number of halogens is 1. The minimum atomic E-state index is -0.557. The van der Waals surface area contributed by atoms with Crippen molar-refractivity contribution in [1.82, 2.24) is 9.55 Å². The maximum atomic E-state index is 14.2. The van der Waals surface area contributed by atoms with Crippen molar-refractivity contribution >= 4 is 11.9 Å². The van der Waals surface area contributed by atoms with Gasteiger partial charge >= 0.3 is 0 Å². The van der Waals surface area contributed by atoms with Crippen LogP contribution in [0.3, 0.4) is 0 Å². The summed E-state index contributed by atoms with van der Waals surface area (Å²) in [6.07, 6.45) is 0.595. The van der Waals surface area contributed by atoms with Gasteiger partial charge in [-0.15, -0.1) is 0 Å². The monoisotopic (exact) mass is 429 g/mol. The standard InChI is InChI=1S/C26H24FN3O2/c1-29-24(19-13-15-20(32-3)16-14-19)23(17-18-9-5-4-6-10-18)28-26(29)30(2)25(31)21-11-7-8-12-22(21)27/h4-16H,17H2,1-3H3. The SMILES string of the molecule is COc1ccc(-c2c(Cc3ccccc3)nc(N(C)C(=O)c3ccccc3F)n2C)cc1. The molecule has 0 N–H and O–H groups in total. The van der Waals surface area contributed by atoms with Gasteiger partial charge in [0.1, 0.15) is 11.6 Å². The number of hydrogen-bond donors (Lipinski definition) is 0. The fourth-order valence-corrected chi connectivity index (χ4v) is 3.77. The van der Waals surface area contributed by atoms with Gasteiger partial charge in [-0.1, -0.05) is 42.5 Å². The summed E-state index contributed by atoms with van der Waals surface area (Å²) in [7, 11) is 5.10. The van der Waals surface area contributed by atoms with E-state index in [9.17, 15) is 9.18 Å². The molecule has 0 unspecified atom stereocenters. The van der Waals surface area contributed by atoms with Gasteiger partial charge in [-0.25, -0.2) is 9.37 Å². The number of carbonyl (C=O) groups excluding carboxylic acids is 1. The molecule has 0 bridgehead atoms. The summed E-state index contributed by atoms with van der Waals surface area (Å²) in [6.45, 7) is 0. The number of rotatable bonds is 6. The summed E-state index contributed by atoms with van der Waals surface area (Å²) < 4.78 is 21.4. The second kappa shape index (κ2) is 9.06. The molecule has 0 fully saturated rings. The molecule has 1 heterocycles. The van der Waals surface area contributed by atoms with E-state index in [1.165, 1.54) is 17.0 Å². The molecule has 0 saturated carbocycles. The van der Waals surface area contributed by atoms with Crippen LogP contribution in [0, 0.1) is 5.82 Å². The molecule has 0 atom stereocenters. The lowest BCUT2D eigenvalue weighted by molar-refractivity contribution is 0.0987. The average Bonchev–Trinajstić information content (AvgIpc) is 3.14. The fourth-order valence-electron chi connectivity index (χ4n) is 3.77. The van der Waals surface area contributed by atoms with Gasteiger partial charge in [0.15, 0.2) is 0 Å². The molecule has 3 aromatic carbocycles. The third-order valence-corrected chi connectivity index (χ3v) is 5.43. The minimum absolute atomic E-state index is 0.00797. The zero-order valence-corrected chi connectivity index (χ0v) is 18.2. The largest absolute Gasteiger partial charge is 0.497 e. The zero-order chi connectivity index (χ0) is 22.7. The third-order valence-electron chi connectivity index (χ3n) is 5.43. The first-order chi connectivity index (χ1) is 15.5. The highest BCUT2D eigenvalue weighted by Crippen LogP contribution is 2.31. The number of benzene rings is 3. The quantitative estimate of drug-likeness (QED) is 0.428. The molecule has 4 aromatic rings. The molecule has 1 aromatic heterocycles. The van der Waals surface area contributed by atoms with E-state index in [1.54, 1.807) is 26.3 Å². The molecule has 6 heteroatoms. The van der Waals surface area contributed by atoms with Crippen LogP contribution < -0.4 is 9.64 Å². The van der Waals surface area contributed by atoms with Crippen LogP contribution in [0.1, 0.15) is 21.6 Å². The predicted octanol–water partition coefficient (Wildman–Crippen LogP) is 5.10. The van der Waals surface area contributed by atoms with Crippen molar-refractivity contribution in [3.05, 3.63) is 102 Å². The lowest BCUT2D eigenvalue weighted by atomic mass is 10.0. The van der Waals surface area contributed by atoms with Crippen LogP contribution in [0.5, 0.6) is 5.75 Å². The summed E-state index contributed by atoms with van der Waals surface area (Å²) in [5.74, 6) is 0.185. The van der Waals surface area contributed by atoms with Gasteiger partial charge in [0, 0.05) is 26.1 Å². The van der Waals surface area contributed by atoms with Gasteiger partial charge in [-0.05, 0) is 42.0 Å². The maximum Gasteiger partial charge on any atom is 0.263 e. The maximum absolute atomic E-state index is 14.2. The number of methoxy groups -OCH3 is 1. The predicted molar refractivity (Wildman–Crippen MR) is 124 cm³/mol. The molecule has 0 aliphatic rings. The highest BCUT2D eigenvalue weighted by Gasteiger charge is 2.24. The molecule has 0 aliphatic carbocycles. The number of anilines is 1. The van der Waals surface area contributed by atoms with Crippen molar-refractivity contribution in [2.75, 3.05) is 19.1 Å². The Balaban J connectivity index is 1.79. The topological polar surface area (TPSA) is 47.4 Å². The summed E-state index contributed by atoms with van der Waals surface area (Å²) in [4.78, 5) is 19.2. The number of carbonyl (C=O) groups is 1. The van der Waals surface area contributed by atoms with E-state index in [1.807, 2.05) is 66.2 Å².